The zero-order chi connectivity index (χ0) is 12.3. The monoisotopic (exact) mass is 233 g/mol. The SMILES string of the molecule is CCc1cccc2c1N(CCN)CCC(=O)N2. The molecule has 2 rings (SSSR count). The Morgan fingerprint density at radius 2 is 2.29 bits per heavy atom. The largest absolute Gasteiger partial charge is 0.368 e. The van der Waals surface area contributed by atoms with Crippen LogP contribution in [0, 0.1) is 0 Å². The van der Waals surface area contributed by atoms with E-state index < -0.39 is 0 Å². The van der Waals surface area contributed by atoms with E-state index in [1.54, 1.807) is 0 Å². The number of carbonyl (C=O) groups excluding carboxylic acids is 1. The van der Waals surface area contributed by atoms with Gasteiger partial charge in [0.15, 0.2) is 0 Å². The molecule has 92 valence electrons. The second-order valence-corrected chi connectivity index (χ2v) is 4.24. The summed E-state index contributed by atoms with van der Waals surface area (Å²) in [6.07, 6.45) is 1.48. The molecule has 0 atom stereocenters. The van der Waals surface area contributed by atoms with Gasteiger partial charge in [0.05, 0.1) is 11.4 Å². The van der Waals surface area contributed by atoms with E-state index in [1.165, 1.54) is 5.56 Å². The van der Waals surface area contributed by atoms with E-state index >= 15 is 0 Å². The molecular formula is C13H19N3O. The lowest BCUT2D eigenvalue weighted by molar-refractivity contribution is -0.115. The summed E-state index contributed by atoms with van der Waals surface area (Å²) in [5.41, 5.74) is 8.97. The molecule has 1 amide bonds. The fourth-order valence-electron chi connectivity index (χ4n) is 2.29. The predicted molar refractivity (Wildman–Crippen MR) is 70.3 cm³/mol. The third-order valence-corrected chi connectivity index (χ3v) is 3.10. The number of carbonyl (C=O) groups is 1. The van der Waals surface area contributed by atoms with Gasteiger partial charge in [-0.25, -0.2) is 0 Å². The third kappa shape index (κ3) is 2.42. The molecule has 0 unspecified atom stereocenters. The quantitative estimate of drug-likeness (QED) is 0.828. The molecule has 1 aromatic carbocycles. The highest BCUT2D eigenvalue weighted by Crippen LogP contribution is 2.32. The van der Waals surface area contributed by atoms with E-state index in [2.05, 4.69) is 23.2 Å². The first-order valence-corrected chi connectivity index (χ1v) is 6.13. The van der Waals surface area contributed by atoms with Gasteiger partial charge in [-0.1, -0.05) is 19.1 Å². The zero-order valence-electron chi connectivity index (χ0n) is 10.2. The molecular weight excluding hydrogens is 214 g/mol. The highest BCUT2D eigenvalue weighted by Gasteiger charge is 2.20. The van der Waals surface area contributed by atoms with E-state index in [0.29, 0.717) is 13.0 Å². The molecule has 1 aliphatic rings. The molecule has 4 nitrogen and oxygen atoms in total. The molecule has 1 aliphatic heterocycles. The Labute approximate surface area is 102 Å². The van der Waals surface area contributed by atoms with E-state index in [-0.39, 0.29) is 5.91 Å². The first-order chi connectivity index (χ1) is 8.26. The van der Waals surface area contributed by atoms with Crippen molar-refractivity contribution in [2.24, 2.45) is 5.73 Å². The normalized spacial score (nSPS) is 15.2. The number of fused-ring (bicyclic) bond motifs is 1. The number of nitrogens with two attached hydrogens (primary N) is 1. The van der Waals surface area contributed by atoms with Gasteiger partial charge < -0.3 is 16.0 Å². The van der Waals surface area contributed by atoms with Crippen molar-refractivity contribution < 1.29 is 4.79 Å². The number of nitrogens with one attached hydrogen (secondary N) is 1. The Bertz CT molecular complexity index is 417. The van der Waals surface area contributed by atoms with Crippen molar-refractivity contribution in [1.82, 2.24) is 0 Å². The van der Waals surface area contributed by atoms with Crippen LogP contribution in [0.4, 0.5) is 11.4 Å². The first kappa shape index (κ1) is 11.9. The Kier molecular flexibility index (Phi) is 3.64. The van der Waals surface area contributed by atoms with Crippen LogP contribution in [0.5, 0.6) is 0 Å². The van der Waals surface area contributed by atoms with Crippen molar-refractivity contribution in [1.29, 1.82) is 0 Å². The molecule has 0 spiro atoms. The number of hydrogen-bond acceptors (Lipinski definition) is 3. The molecule has 1 aromatic rings. The number of para-hydroxylation sites is 1. The number of amides is 1. The second-order valence-electron chi connectivity index (χ2n) is 4.24. The summed E-state index contributed by atoms with van der Waals surface area (Å²) in [6, 6.07) is 6.06. The lowest BCUT2D eigenvalue weighted by atomic mass is 10.1. The van der Waals surface area contributed by atoms with Crippen LogP contribution >= 0.6 is 0 Å². The highest BCUT2D eigenvalue weighted by atomic mass is 16.1. The number of rotatable bonds is 3. The van der Waals surface area contributed by atoms with E-state index in [1.807, 2.05) is 12.1 Å². The molecule has 0 aliphatic carbocycles. The minimum Gasteiger partial charge on any atom is -0.368 e. The first-order valence-electron chi connectivity index (χ1n) is 6.13. The molecule has 0 radical (unpaired) electrons. The highest BCUT2D eigenvalue weighted by molar-refractivity contribution is 5.96. The van der Waals surface area contributed by atoms with E-state index in [4.69, 9.17) is 5.73 Å². The maximum Gasteiger partial charge on any atom is 0.226 e. The summed E-state index contributed by atoms with van der Waals surface area (Å²) < 4.78 is 0. The lowest BCUT2D eigenvalue weighted by Gasteiger charge is -2.26. The molecule has 0 aromatic heterocycles. The fourth-order valence-corrected chi connectivity index (χ4v) is 2.29. The average Bonchev–Trinajstić information content (AvgIpc) is 2.49. The number of benzene rings is 1. The third-order valence-electron chi connectivity index (χ3n) is 3.10. The van der Waals surface area contributed by atoms with Crippen molar-refractivity contribution >= 4 is 17.3 Å². The summed E-state index contributed by atoms with van der Waals surface area (Å²) in [5.74, 6) is 0.0824. The van der Waals surface area contributed by atoms with Gasteiger partial charge >= 0.3 is 0 Å². The van der Waals surface area contributed by atoms with Crippen molar-refractivity contribution in [3.8, 4) is 0 Å². The van der Waals surface area contributed by atoms with Crippen LogP contribution in [0.15, 0.2) is 18.2 Å². The smallest absolute Gasteiger partial charge is 0.226 e. The van der Waals surface area contributed by atoms with Crippen molar-refractivity contribution in [2.45, 2.75) is 19.8 Å². The standard InChI is InChI=1S/C13H19N3O/c1-2-10-4-3-5-11-13(10)16(9-7-14)8-6-12(17)15-11/h3-5H,2,6-9,14H2,1H3,(H,15,17). The Morgan fingerprint density at radius 1 is 1.47 bits per heavy atom. The number of anilines is 2. The summed E-state index contributed by atoms with van der Waals surface area (Å²) >= 11 is 0. The summed E-state index contributed by atoms with van der Waals surface area (Å²) in [4.78, 5) is 13.8. The van der Waals surface area contributed by atoms with Crippen molar-refractivity contribution in [2.75, 3.05) is 29.9 Å². The molecule has 17 heavy (non-hydrogen) atoms. The van der Waals surface area contributed by atoms with Gasteiger partial charge in [-0.2, -0.15) is 0 Å². The molecule has 1 heterocycles. The van der Waals surface area contributed by atoms with E-state index in [0.717, 1.165) is 30.9 Å². The van der Waals surface area contributed by atoms with Crippen LogP contribution in [0.25, 0.3) is 0 Å². The Balaban J connectivity index is 2.45. The van der Waals surface area contributed by atoms with Crippen molar-refractivity contribution in [3.05, 3.63) is 23.8 Å². The van der Waals surface area contributed by atoms with Gasteiger partial charge in [-0.05, 0) is 18.1 Å². The van der Waals surface area contributed by atoms with Crippen molar-refractivity contribution in [3.63, 3.8) is 0 Å². The van der Waals surface area contributed by atoms with Crippen LogP contribution in [0.3, 0.4) is 0 Å². The summed E-state index contributed by atoms with van der Waals surface area (Å²) in [5, 5.41) is 2.96. The summed E-state index contributed by atoms with van der Waals surface area (Å²) in [7, 11) is 0. The van der Waals surface area contributed by atoms with Gasteiger partial charge in [-0.15, -0.1) is 0 Å². The molecule has 3 N–H and O–H groups in total. The molecule has 0 fully saturated rings. The molecule has 0 bridgehead atoms. The Hall–Kier alpha value is -1.55. The molecule has 0 saturated heterocycles. The van der Waals surface area contributed by atoms with Crippen LogP contribution in [0.1, 0.15) is 18.9 Å². The number of hydrogen-bond donors (Lipinski definition) is 2. The summed E-state index contributed by atoms with van der Waals surface area (Å²) in [6.45, 7) is 4.26. The van der Waals surface area contributed by atoms with Gasteiger partial charge in [0.2, 0.25) is 5.91 Å². The molecule has 4 heteroatoms. The fraction of sp³-hybridized carbons (Fsp3) is 0.462. The lowest BCUT2D eigenvalue weighted by Crippen LogP contribution is -2.31. The predicted octanol–water partition coefficient (Wildman–Crippen LogP) is 1.36. The van der Waals surface area contributed by atoms with Gasteiger partial charge in [-0.3, -0.25) is 4.79 Å². The van der Waals surface area contributed by atoms with Gasteiger partial charge in [0.1, 0.15) is 0 Å². The van der Waals surface area contributed by atoms with Crippen LogP contribution in [0.2, 0.25) is 0 Å². The average molecular weight is 233 g/mol. The second kappa shape index (κ2) is 5.19. The minimum absolute atomic E-state index is 0.0824. The van der Waals surface area contributed by atoms with E-state index in [9.17, 15) is 4.79 Å². The van der Waals surface area contributed by atoms with Crippen LogP contribution in [-0.2, 0) is 11.2 Å². The maximum atomic E-state index is 11.6. The topological polar surface area (TPSA) is 58.4 Å². The van der Waals surface area contributed by atoms with Crippen LogP contribution in [-0.4, -0.2) is 25.5 Å². The van der Waals surface area contributed by atoms with Gasteiger partial charge in [0.25, 0.3) is 0 Å². The maximum absolute atomic E-state index is 11.6. The molecule has 0 saturated carbocycles. The van der Waals surface area contributed by atoms with Crippen LogP contribution < -0.4 is 16.0 Å². The number of aryl methyl sites for hydroxylation is 1. The van der Waals surface area contributed by atoms with Gasteiger partial charge in [0, 0.05) is 26.1 Å². The zero-order valence-corrected chi connectivity index (χ0v) is 10.2. The number of nitrogens with zero attached hydrogens (tertiary/aromatic N) is 1. The Morgan fingerprint density at radius 3 is 3.00 bits per heavy atom. The minimum atomic E-state index is 0.0824.